The molecule has 1 heterocycles. The lowest BCUT2D eigenvalue weighted by Gasteiger charge is -2.23. The Kier molecular flexibility index (Phi) is 8.45. The monoisotopic (exact) mass is 549 g/mol. The van der Waals surface area contributed by atoms with E-state index in [1.165, 1.54) is 19.2 Å². The van der Waals surface area contributed by atoms with Gasteiger partial charge < -0.3 is 19.7 Å². The normalized spacial score (nSPS) is 15.0. The number of methoxy groups -OCH3 is 1. The number of para-hydroxylation sites is 1. The van der Waals surface area contributed by atoms with E-state index in [2.05, 4.69) is 0 Å². The lowest BCUT2D eigenvalue weighted by Crippen LogP contribution is -2.45. The van der Waals surface area contributed by atoms with Crippen molar-refractivity contribution in [2.75, 3.05) is 13.7 Å². The van der Waals surface area contributed by atoms with Crippen LogP contribution < -0.4 is 9.47 Å². The van der Waals surface area contributed by atoms with Gasteiger partial charge in [0, 0.05) is 6.42 Å². The first kappa shape index (κ1) is 26.9. The molecular weight excluding hydrogens is 526 g/mol. The number of carbonyl (C=O) groups excluding carboxylic acids is 2. The van der Waals surface area contributed by atoms with Crippen LogP contribution in [0.4, 0.5) is 0 Å². The number of ketones is 1. The quantitative estimate of drug-likeness (QED) is 0.213. The number of nitrogens with zero attached hydrogens (tertiary/aromatic N) is 1. The second kappa shape index (κ2) is 11.9. The molecule has 1 fully saturated rings. The molecule has 194 valence electrons. The summed E-state index contributed by atoms with van der Waals surface area (Å²) in [6.45, 7) is -0.171. The fraction of sp³-hybridized carbons (Fsp3) is 0.143. The summed E-state index contributed by atoms with van der Waals surface area (Å²) in [5.74, 6) is -0.891. The zero-order valence-electron chi connectivity index (χ0n) is 20.2. The van der Waals surface area contributed by atoms with Gasteiger partial charge >= 0.3 is 5.97 Å². The van der Waals surface area contributed by atoms with Crippen LogP contribution in [0.25, 0.3) is 6.08 Å². The van der Waals surface area contributed by atoms with Gasteiger partial charge in [0.1, 0.15) is 27.6 Å². The van der Waals surface area contributed by atoms with Crippen molar-refractivity contribution in [2.24, 2.45) is 0 Å². The molecule has 0 bridgehead atoms. The Labute approximate surface area is 228 Å². The molecule has 0 unspecified atom stereocenters. The van der Waals surface area contributed by atoms with Gasteiger partial charge in [-0.15, -0.1) is 0 Å². The molecule has 8 nitrogen and oxygen atoms in total. The molecule has 1 aliphatic rings. The van der Waals surface area contributed by atoms with E-state index in [4.69, 9.17) is 21.7 Å². The number of benzene rings is 3. The first-order valence-corrected chi connectivity index (χ1v) is 12.7. The van der Waals surface area contributed by atoms with Gasteiger partial charge in [-0.05, 0) is 53.6 Å². The van der Waals surface area contributed by atoms with Crippen molar-refractivity contribution in [1.82, 2.24) is 4.90 Å². The van der Waals surface area contributed by atoms with Crippen molar-refractivity contribution < 1.29 is 34.1 Å². The number of rotatable bonds is 10. The van der Waals surface area contributed by atoms with Crippen LogP contribution in [0.5, 0.6) is 17.2 Å². The summed E-state index contributed by atoms with van der Waals surface area (Å²) in [5, 5.41) is 19.3. The lowest BCUT2D eigenvalue weighted by atomic mass is 10.0. The van der Waals surface area contributed by atoms with Gasteiger partial charge in [-0.1, -0.05) is 60.4 Å². The molecule has 1 aliphatic heterocycles. The summed E-state index contributed by atoms with van der Waals surface area (Å²) in [6.07, 6.45) is 1.66. The fourth-order valence-electron chi connectivity index (χ4n) is 3.81. The van der Waals surface area contributed by atoms with Gasteiger partial charge in [0.25, 0.3) is 5.91 Å². The molecule has 0 aromatic heterocycles. The summed E-state index contributed by atoms with van der Waals surface area (Å²) in [7, 11) is 1.50. The van der Waals surface area contributed by atoms with Gasteiger partial charge in [0.05, 0.1) is 17.6 Å². The number of carbonyl (C=O) groups is 3. The topological polar surface area (TPSA) is 113 Å². The summed E-state index contributed by atoms with van der Waals surface area (Å²) in [6, 6.07) is 18.6. The average molecular weight is 550 g/mol. The number of hydrogen-bond acceptors (Lipinski definition) is 8. The zero-order chi connectivity index (χ0) is 27.2. The second-order valence-corrected chi connectivity index (χ2v) is 9.93. The van der Waals surface area contributed by atoms with Crippen LogP contribution in [0.1, 0.15) is 21.5 Å². The van der Waals surface area contributed by atoms with Crippen molar-refractivity contribution >= 4 is 52.0 Å². The molecular formula is C28H23NO7S2. The molecule has 38 heavy (non-hydrogen) atoms. The van der Waals surface area contributed by atoms with E-state index in [-0.39, 0.29) is 28.9 Å². The maximum atomic E-state index is 13.1. The molecule has 10 heteroatoms. The lowest BCUT2D eigenvalue weighted by molar-refractivity contribution is -0.145. The van der Waals surface area contributed by atoms with E-state index in [1.807, 2.05) is 0 Å². The number of amides is 1. The number of aliphatic carboxylic acids is 1. The zero-order valence-corrected chi connectivity index (χ0v) is 21.8. The van der Waals surface area contributed by atoms with Crippen LogP contribution in [0.3, 0.4) is 0 Å². The third-order valence-electron chi connectivity index (χ3n) is 5.74. The minimum absolute atomic E-state index is 0.0367. The predicted octanol–water partition coefficient (Wildman–Crippen LogP) is 4.56. The van der Waals surface area contributed by atoms with Gasteiger partial charge in [-0.3, -0.25) is 14.5 Å². The Balaban J connectivity index is 1.43. The Bertz CT molecular complexity index is 1400. The number of hydrogen-bond donors (Lipinski definition) is 2. The molecule has 3 aromatic carbocycles. The van der Waals surface area contributed by atoms with E-state index < -0.39 is 17.9 Å². The maximum Gasteiger partial charge on any atom is 0.327 e. The Hall–Kier alpha value is -4.15. The highest BCUT2D eigenvalue weighted by molar-refractivity contribution is 8.26. The fourth-order valence-corrected chi connectivity index (χ4v) is 5.16. The Morgan fingerprint density at radius 2 is 1.74 bits per heavy atom. The highest BCUT2D eigenvalue weighted by atomic mass is 32.2. The number of carboxylic acids is 1. The van der Waals surface area contributed by atoms with Crippen molar-refractivity contribution in [3.63, 3.8) is 0 Å². The molecule has 0 radical (unpaired) electrons. The highest BCUT2D eigenvalue weighted by Gasteiger charge is 2.40. The summed E-state index contributed by atoms with van der Waals surface area (Å²) in [5.41, 5.74) is 1.76. The molecule has 1 amide bonds. The SMILES string of the molecule is COc1ccccc1C(=O)COc1ccc(/C=C2\SC(=S)N([C@@H](Cc3ccc(O)cc3)C(=O)O)C2=O)cc1. The first-order valence-electron chi connectivity index (χ1n) is 11.4. The summed E-state index contributed by atoms with van der Waals surface area (Å²) >= 11 is 6.38. The third-order valence-corrected chi connectivity index (χ3v) is 7.07. The number of ether oxygens (including phenoxy) is 2. The third kappa shape index (κ3) is 6.21. The van der Waals surface area contributed by atoms with Crippen LogP contribution in [0.2, 0.25) is 0 Å². The number of carboxylic acid groups (broad SMARTS) is 1. The van der Waals surface area contributed by atoms with Crippen molar-refractivity contribution in [2.45, 2.75) is 12.5 Å². The Morgan fingerprint density at radius 1 is 1.05 bits per heavy atom. The van der Waals surface area contributed by atoms with Crippen LogP contribution >= 0.6 is 24.0 Å². The van der Waals surface area contributed by atoms with Crippen LogP contribution in [-0.2, 0) is 16.0 Å². The number of thiocarbonyl (C=S) groups is 1. The standard InChI is InChI=1S/C28H23NO7S2/c1-35-24-5-3-2-4-21(24)23(31)16-36-20-12-8-18(9-13-20)15-25-26(32)29(28(37)38-25)22(27(33)34)14-17-6-10-19(30)11-7-17/h2-13,15,22,30H,14,16H2,1H3,(H,33,34)/b25-15-/t22-/m0/s1. The molecule has 0 aliphatic carbocycles. The Morgan fingerprint density at radius 3 is 2.39 bits per heavy atom. The smallest absolute Gasteiger partial charge is 0.327 e. The number of phenolic OH excluding ortho intramolecular Hbond substituents is 1. The van der Waals surface area contributed by atoms with E-state index >= 15 is 0 Å². The average Bonchev–Trinajstić information content (AvgIpc) is 3.19. The molecule has 1 saturated heterocycles. The number of phenols is 1. The minimum Gasteiger partial charge on any atom is -0.508 e. The van der Waals surface area contributed by atoms with Crippen molar-refractivity contribution in [3.8, 4) is 17.2 Å². The van der Waals surface area contributed by atoms with Crippen molar-refractivity contribution in [1.29, 1.82) is 0 Å². The van der Waals surface area contributed by atoms with Gasteiger partial charge in [0.15, 0.2) is 6.61 Å². The molecule has 3 aromatic rings. The second-order valence-electron chi connectivity index (χ2n) is 8.26. The van der Waals surface area contributed by atoms with Crippen LogP contribution in [0.15, 0.2) is 77.7 Å². The number of Topliss-reactive ketones (excluding diaryl/α,β-unsaturated/α-hetero) is 1. The van der Waals surface area contributed by atoms with E-state index in [0.29, 0.717) is 33.1 Å². The largest absolute Gasteiger partial charge is 0.508 e. The molecule has 0 spiro atoms. The van der Waals surface area contributed by atoms with Crippen molar-refractivity contribution in [3.05, 3.63) is 94.4 Å². The van der Waals surface area contributed by atoms with Crippen LogP contribution in [0, 0.1) is 0 Å². The number of aromatic hydroxyl groups is 1. The van der Waals surface area contributed by atoms with Gasteiger partial charge in [-0.2, -0.15) is 0 Å². The molecule has 1 atom stereocenters. The van der Waals surface area contributed by atoms with E-state index in [0.717, 1.165) is 16.7 Å². The van der Waals surface area contributed by atoms with Crippen LogP contribution in [-0.4, -0.2) is 56.9 Å². The highest BCUT2D eigenvalue weighted by Crippen LogP contribution is 2.35. The predicted molar refractivity (Wildman–Crippen MR) is 148 cm³/mol. The van der Waals surface area contributed by atoms with E-state index in [1.54, 1.807) is 66.7 Å². The summed E-state index contributed by atoms with van der Waals surface area (Å²) < 4.78 is 11.0. The minimum atomic E-state index is -1.19. The number of thioether (sulfide) groups is 1. The van der Waals surface area contributed by atoms with Gasteiger partial charge in [0.2, 0.25) is 5.78 Å². The molecule has 0 saturated carbocycles. The molecule has 4 rings (SSSR count). The van der Waals surface area contributed by atoms with Gasteiger partial charge in [-0.25, -0.2) is 4.79 Å². The first-order chi connectivity index (χ1) is 18.3. The van der Waals surface area contributed by atoms with E-state index in [9.17, 15) is 24.6 Å². The molecule has 2 N–H and O–H groups in total. The maximum absolute atomic E-state index is 13.1. The summed E-state index contributed by atoms with van der Waals surface area (Å²) in [4.78, 5) is 39.0.